The van der Waals surface area contributed by atoms with Crippen molar-refractivity contribution in [3.8, 4) is 0 Å². The zero-order valence-corrected chi connectivity index (χ0v) is 24.0. The Morgan fingerprint density at radius 1 is 1.08 bits per heavy atom. The number of nitrogens with zero attached hydrogens (tertiary/aromatic N) is 2. The van der Waals surface area contributed by atoms with Gasteiger partial charge in [0.15, 0.2) is 14.6 Å². The second-order valence-electron chi connectivity index (χ2n) is 8.84. The van der Waals surface area contributed by atoms with E-state index in [1.54, 1.807) is 36.7 Å². The molecule has 3 aromatic rings. The fourth-order valence-electron chi connectivity index (χ4n) is 4.29. The summed E-state index contributed by atoms with van der Waals surface area (Å²) < 4.78 is 37.5. The number of esters is 2. The maximum absolute atomic E-state index is 12.7. The molecule has 2 amide bonds. The van der Waals surface area contributed by atoms with Crippen LogP contribution in [0.5, 0.6) is 0 Å². The van der Waals surface area contributed by atoms with Gasteiger partial charge in [-0.15, -0.1) is 11.3 Å². The number of nitrogens with one attached hydrogen (secondary N) is 1. The number of amides is 2. The molecule has 39 heavy (non-hydrogen) atoms. The van der Waals surface area contributed by atoms with Crippen molar-refractivity contribution >= 4 is 71.5 Å². The highest BCUT2D eigenvalue weighted by atomic mass is 32.2. The SMILES string of the molecule is CCOC(=O)c1ccc2c(c1)sc(=NC(=O)CS(=O)(=O)CC(=O)Nc1sc3c(c1C(=O)OC)CCCC3)n2C. The Kier molecular flexibility index (Phi) is 8.67. The molecular formula is C25H27N3O8S3. The summed E-state index contributed by atoms with van der Waals surface area (Å²) in [7, 11) is -1.25. The first-order valence-electron chi connectivity index (χ1n) is 12.1. The van der Waals surface area contributed by atoms with E-state index in [0.717, 1.165) is 41.0 Å². The Bertz CT molecular complexity index is 1650. The lowest BCUT2D eigenvalue weighted by Gasteiger charge is -2.11. The molecule has 0 spiro atoms. The van der Waals surface area contributed by atoms with E-state index < -0.39 is 45.1 Å². The van der Waals surface area contributed by atoms with Crippen LogP contribution >= 0.6 is 22.7 Å². The fraction of sp³-hybridized carbons (Fsp3) is 0.400. The van der Waals surface area contributed by atoms with Gasteiger partial charge in [0.25, 0.3) is 5.91 Å². The standard InChI is InChI=1S/C25H27N3O8S3/c1-4-36-23(31)14-9-10-16-18(11-14)38-25(28(16)2)27-20(30)13-39(33,34)12-19(29)26-22-21(24(32)35-3)15-7-5-6-8-17(15)37-22/h9-11H,4-8,12-13H2,1-3H3,(H,26,29). The highest BCUT2D eigenvalue weighted by molar-refractivity contribution is 7.92. The Balaban J connectivity index is 1.48. The van der Waals surface area contributed by atoms with Gasteiger partial charge < -0.3 is 19.4 Å². The normalized spacial score (nSPS) is 13.7. The third kappa shape index (κ3) is 6.45. The number of anilines is 1. The number of benzene rings is 1. The van der Waals surface area contributed by atoms with Gasteiger partial charge in [-0.05, 0) is 56.4 Å². The molecule has 0 saturated carbocycles. The van der Waals surface area contributed by atoms with E-state index in [2.05, 4.69) is 10.3 Å². The number of ether oxygens (including phenoxy) is 2. The summed E-state index contributed by atoms with van der Waals surface area (Å²) in [6.07, 6.45) is 3.32. The van der Waals surface area contributed by atoms with E-state index in [9.17, 15) is 27.6 Å². The number of hydrogen-bond donors (Lipinski definition) is 1. The van der Waals surface area contributed by atoms with Gasteiger partial charge >= 0.3 is 11.9 Å². The number of sulfone groups is 1. The van der Waals surface area contributed by atoms with Gasteiger partial charge in [-0.1, -0.05) is 11.3 Å². The van der Waals surface area contributed by atoms with Crippen LogP contribution in [0.1, 0.15) is 50.9 Å². The topological polar surface area (TPSA) is 150 Å². The van der Waals surface area contributed by atoms with Crippen molar-refractivity contribution in [3.63, 3.8) is 0 Å². The largest absolute Gasteiger partial charge is 0.465 e. The van der Waals surface area contributed by atoms with Crippen molar-refractivity contribution in [2.75, 3.05) is 30.5 Å². The van der Waals surface area contributed by atoms with Gasteiger partial charge in [0, 0.05) is 11.9 Å². The number of hydrogen-bond acceptors (Lipinski definition) is 10. The van der Waals surface area contributed by atoms with Crippen LogP contribution in [0.25, 0.3) is 10.2 Å². The number of rotatable bonds is 8. The van der Waals surface area contributed by atoms with E-state index in [4.69, 9.17) is 9.47 Å². The Hall–Kier alpha value is -3.36. The van der Waals surface area contributed by atoms with Gasteiger partial charge in [0.05, 0.1) is 35.1 Å². The highest BCUT2D eigenvalue weighted by Gasteiger charge is 2.28. The molecule has 0 saturated heterocycles. The Labute approximate surface area is 232 Å². The summed E-state index contributed by atoms with van der Waals surface area (Å²) in [5, 5.41) is 2.78. The van der Waals surface area contributed by atoms with Crippen molar-refractivity contribution in [2.24, 2.45) is 12.0 Å². The van der Waals surface area contributed by atoms with Crippen LogP contribution in [0.15, 0.2) is 23.2 Å². The molecule has 0 fully saturated rings. The number of carbonyl (C=O) groups is 4. The third-order valence-electron chi connectivity index (χ3n) is 6.05. The number of carbonyl (C=O) groups excluding carboxylic acids is 4. The zero-order valence-electron chi connectivity index (χ0n) is 21.6. The van der Waals surface area contributed by atoms with Gasteiger partial charge in [-0.25, -0.2) is 18.0 Å². The lowest BCUT2D eigenvalue weighted by atomic mass is 9.95. The van der Waals surface area contributed by atoms with Crippen LogP contribution < -0.4 is 10.1 Å². The molecule has 1 aliphatic rings. The average Bonchev–Trinajstić information content (AvgIpc) is 3.39. The summed E-state index contributed by atoms with van der Waals surface area (Å²) in [4.78, 5) is 54.7. The van der Waals surface area contributed by atoms with Crippen LogP contribution in [0.4, 0.5) is 5.00 Å². The van der Waals surface area contributed by atoms with Crippen molar-refractivity contribution < 1.29 is 37.1 Å². The summed E-state index contributed by atoms with van der Waals surface area (Å²) in [5.41, 5.74) is 2.13. The van der Waals surface area contributed by atoms with Crippen LogP contribution in [0.2, 0.25) is 0 Å². The van der Waals surface area contributed by atoms with Crippen molar-refractivity contribution in [1.29, 1.82) is 0 Å². The van der Waals surface area contributed by atoms with E-state index in [0.29, 0.717) is 22.2 Å². The van der Waals surface area contributed by atoms with E-state index >= 15 is 0 Å². The summed E-state index contributed by atoms with van der Waals surface area (Å²) >= 11 is 2.36. The maximum Gasteiger partial charge on any atom is 0.341 e. The minimum Gasteiger partial charge on any atom is -0.465 e. The third-order valence-corrected chi connectivity index (χ3v) is 9.74. The quantitative estimate of drug-likeness (QED) is 0.392. The lowest BCUT2D eigenvalue weighted by molar-refractivity contribution is -0.115. The average molecular weight is 594 g/mol. The highest BCUT2D eigenvalue weighted by Crippen LogP contribution is 2.38. The van der Waals surface area contributed by atoms with E-state index in [1.165, 1.54) is 18.4 Å². The molecule has 11 nitrogen and oxygen atoms in total. The molecule has 0 bridgehead atoms. The molecule has 1 N–H and O–H groups in total. The molecular weight excluding hydrogens is 566 g/mol. The summed E-state index contributed by atoms with van der Waals surface area (Å²) in [6, 6.07) is 4.90. The summed E-state index contributed by atoms with van der Waals surface area (Å²) in [5.74, 6) is -4.77. The number of thiophene rings is 1. The van der Waals surface area contributed by atoms with E-state index in [-0.39, 0.29) is 22.0 Å². The van der Waals surface area contributed by atoms with E-state index in [1.807, 2.05) is 0 Å². The van der Waals surface area contributed by atoms with Gasteiger partial charge in [0.1, 0.15) is 16.5 Å². The smallest absolute Gasteiger partial charge is 0.341 e. The number of methoxy groups -OCH3 is 1. The van der Waals surface area contributed by atoms with Crippen molar-refractivity contribution in [1.82, 2.24) is 4.57 Å². The number of fused-ring (bicyclic) bond motifs is 2. The molecule has 4 rings (SSSR count). The first kappa shape index (κ1) is 28.6. The Morgan fingerprint density at radius 3 is 2.54 bits per heavy atom. The predicted molar refractivity (Wildman–Crippen MR) is 147 cm³/mol. The van der Waals surface area contributed by atoms with Crippen LogP contribution in [0, 0.1) is 0 Å². The number of aromatic nitrogens is 1. The first-order valence-corrected chi connectivity index (χ1v) is 15.6. The fourth-order valence-corrected chi connectivity index (χ4v) is 7.68. The maximum atomic E-state index is 12.7. The Morgan fingerprint density at radius 2 is 1.82 bits per heavy atom. The predicted octanol–water partition coefficient (Wildman–Crippen LogP) is 2.62. The molecule has 2 aromatic heterocycles. The van der Waals surface area contributed by atoms with Gasteiger partial charge in [-0.3, -0.25) is 9.59 Å². The minimum absolute atomic E-state index is 0.235. The lowest BCUT2D eigenvalue weighted by Crippen LogP contribution is -2.28. The molecule has 208 valence electrons. The molecule has 1 aromatic carbocycles. The number of thiazole rings is 1. The van der Waals surface area contributed by atoms with Crippen LogP contribution in [-0.4, -0.2) is 62.0 Å². The molecule has 2 heterocycles. The minimum atomic E-state index is -4.16. The molecule has 0 unspecified atom stereocenters. The van der Waals surface area contributed by atoms with Crippen molar-refractivity contribution in [2.45, 2.75) is 32.6 Å². The molecule has 1 aliphatic carbocycles. The molecule has 0 atom stereocenters. The molecule has 0 aliphatic heterocycles. The molecule has 14 heteroatoms. The van der Waals surface area contributed by atoms with Gasteiger partial charge in [0.2, 0.25) is 5.91 Å². The molecule has 0 radical (unpaired) electrons. The monoisotopic (exact) mass is 593 g/mol. The first-order chi connectivity index (χ1) is 18.5. The van der Waals surface area contributed by atoms with Gasteiger partial charge in [-0.2, -0.15) is 4.99 Å². The van der Waals surface area contributed by atoms with Crippen molar-refractivity contribution in [3.05, 3.63) is 44.6 Å². The number of aryl methyl sites for hydroxylation is 2. The second-order valence-corrected chi connectivity index (χ2v) is 13.0. The summed E-state index contributed by atoms with van der Waals surface area (Å²) in [6.45, 7) is 1.94. The van der Waals surface area contributed by atoms with Crippen LogP contribution in [0.3, 0.4) is 0 Å². The second kappa shape index (κ2) is 11.8. The zero-order chi connectivity index (χ0) is 28.3. The van der Waals surface area contributed by atoms with Crippen LogP contribution in [-0.2, 0) is 48.8 Å².